The zero-order valence-corrected chi connectivity index (χ0v) is 13.0. The number of unbranched alkanes of at least 4 members (excludes halogenated alkanes) is 2. The molecule has 5 nitrogen and oxygen atoms in total. The Balaban J connectivity index is 2.04. The Bertz CT molecular complexity index is 675. The molecule has 1 aromatic carbocycles. The van der Waals surface area contributed by atoms with Crippen molar-refractivity contribution in [2.75, 3.05) is 12.8 Å². The number of benzene rings is 1. The molecule has 114 valence electrons. The molecule has 0 spiro atoms. The number of sulfone groups is 1. The summed E-state index contributed by atoms with van der Waals surface area (Å²) < 4.78 is 22.9. The van der Waals surface area contributed by atoms with Gasteiger partial charge in [-0.1, -0.05) is 18.6 Å². The molecule has 0 saturated carbocycles. The predicted octanol–water partition coefficient (Wildman–Crippen LogP) is 2.15. The second-order valence-electron chi connectivity index (χ2n) is 5.14. The topological polar surface area (TPSA) is 88.8 Å². The second-order valence-corrected chi connectivity index (χ2v) is 7.16. The van der Waals surface area contributed by atoms with Gasteiger partial charge in [0.15, 0.2) is 9.84 Å². The highest BCUT2D eigenvalue weighted by molar-refractivity contribution is 7.90. The molecule has 2 aromatic rings. The van der Waals surface area contributed by atoms with Gasteiger partial charge in [-0.25, -0.2) is 13.4 Å². The van der Waals surface area contributed by atoms with Crippen molar-refractivity contribution in [2.45, 2.75) is 30.6 Å². The highest BCUT2D eigenvalue weighted by atomic mass is 32.2. The molecular formula is C15H21N3O2S. The number of nitrogens with two attached hydrogens (primary N) is 1. The summed E-state index contributed by atoms with van der Waals surface area (Å²) in [5.41, 5.74) is 7.30. The molecule has 0 radical (unpaired) electrons. The third-order valence-electron chi connectivity index (χ3n) is 3.34. The van der Waals surface area contributed by atoms with Crippen molar-refractivity contribution < 1.29 is 8.42 Å². The summed E-state index contributed by atoms with van der Waals surface area (Å²) in [4.78, 5) is 7.96. The minimum absolute atomic E-state index is 0.327. The maximum absolute atomic E-state index is 11.4. The van der Waals surface area contributed by atoms with E-state index in [0.29, 0.717) is 4.90 Å². The largest absolute Gasteiger partial charge is 0.342 e. The lowest BCUT2D eigenvalue weighted by Gasteiger charge is -2.01. The molecule has 0 bridgehead atoms. The van der Waals surface area contributed by atoms with Crippen molar-refractivity contribution in [3.8, 4) is 11.3 Å². The minimum atomic E-state index is -3.15. The first-order chi connectivity index (χ1) is 10.0. The van der Waals surface area contributed by atoms with E-state index in [0.717, 1.165) is 49.3 Å². The van der Waals surface area contributed by atoms with E-state index in [1.165, 1.54) is 6.26 Å². The van der Waals surface area contributed by atoms with Crippen molar-refractivity contribution in [2.24, 2.45) is 5.73 Å². The molecule has 2 rings (SSSR count). The number of hydrogen-bond acceptors (Lipinski definition) is 4. The van der Waals surface area contributed by atoms with Gasteiger partial charge in [0, 0.05) is 12.7 Å². The molecular weight excluding hydrogens is 286 g/mol. The highest BCUT2D eigenvalue weighted by Crippen LogP contribution is 2.20. The third kappa shape index (κ3) is 4.41. The van der Waals surface area contributed by atoms with Gasteiger partial charge in [0.2, 0.25) is 0 Å². The van der Waals surface area contributed by atoms with E-state index in [4.69, 9.17) is 5.73 Å². The van der Waals surface area contributed by atoms with Crippen LogP contribution in [0, 0.1) is 0 Å². The van der Waals surface area contributed by atoms with E-state index < -0.39 is 9.84 Å². The van der Waals surface area contributed by atoms with Crippen LogP contribution in [-0.2, 0) is 16.3 Å². The number of nitrogens with zero attached hydrogens (tertiary/aromatic N) is 1. The van der Waals surface area contributed by atoms with Crippen LogP contribution in [0.1, 0.15) is 25.1 Å². The first-order valence-corrected chi connectivity index (χ1v) is 8.94. The molecule has 0 unspecified atom stereocenters. The van der Waals surface area contributed by atoms with Gasteiger partial charge in [-0.05, 0) is 37.1 Å². The summed E-state index contributed by atoms with van der Waals surface area (Å²) in [6.07, 6.45) is 7.11. The quantitative estimate of drug-likeness (QED) is 0.767. The van der Waals surface area contributed by atoms with Crippen molar-refractivity contribution in [1.82, 2.24) is 9.97 Å². The van der Waals surface area contributed by atoms with E-state index in [9.17, 15) is 8.42 Å². The Morgan fingerprint density at radius 1 is 1.14 bits per heavy atom. The SMILES string of the molecule is CS(=O)(=O)c1ccc(-c2cnc(CCCCCN)[nH]2)cc1. The number of H-pyrrole nitrogens is 1. The van der Waals surface area contributed by atoms with Gasteiger partial charge in [-0.2, -0.15) is 0 Å². The monoisotopic (exact) mass is 307 g/mol. The minimum Gasteiger partial charge on any atom is -0.342 e. The van der Waals surface area contributed by atoms with Crippen LogP contribution in [0.4, 0.5) is 0 Å². The number of nitrogens with one attached hydrogen (secondary N) is 1. The zero-order chi connectivity index (χ0) is 15.3. The van der Waals surface area contributed by atoms with Crippen LogP contribution < -0.4 is 5.73 Å². The predicted molar refractivity (Wildman–Crippen MR) is 83.7 cm³/mol. The fraction of sp³-hybridized carbons (Fsp3) is 0.400. The smallest absolute Gasteiger partial charge is 0.175 e. The van der Waals surface area contributed by atoms with Crippen molar-refractivity contribution in [1.29, 1.82) is 0 Å². The molecule has 0 fully saturated rings. The van der Waals surface area contributed by atoms with Crippen LogP contribution in [0.25, 0.3) is 11.3 Å². The molecule has 0 saturated heterocycles. The maximum atomic E-state index is 11.4. The molecule has 6 heteroatoms. The molecule has 0 aliphatic carbocycles. The van der Waals surface area contributed by atoms with Gasteiger partial charge in [-0.3, -0.25) is 0 Å². The summed E-state index contributed by atoms with van der Waals surface area (Å²) in [6.45, 7) is 0.732. The lowest BCUT2D eigenvalue weighted by atomic mass is 10.2. The Morgan fingerprint density at radius 3 is 2.48 bits per heavy atom. The average molecular weight is 307 g/mol. The van der Waals surface area contributed by atoms with E-state index in [1.807, 2.05) is 0 Å². The zero-order valence-electron chi connectivity index (χ0n) is 12.2. The van der Waals surface area contributed by atoms with Crippen molar-refractivity contribution >= 4 is 9.84 Å². The molecule has 1 aromatic heterocycles. The molecule has 0 amide bonds. The van der Waals surface area contributed by atoms with E-state index in [1.54, 1.807) is 30.5 Å². The van der Waals surface area contributed by atoms with Gasteiger partial charge < -0.3 is 10.7 Å². The summed E-state index contributed by atoms with van der Waals surface area (Å²) in [5.74, 6) is 0.953. The van der Waals surface area contributed by atoms with E-state index in [-0.39, 0.29) is 0 Å². The molecule has 0 atom stereocenters. The van der Waals surface area contributed by atoms with Gasteiger partial charge in [0.05, 0.1) is 16.8 Å². The van der Waals surface area contributed by atoms with Gasteiger partial charge in [0.1, 0.15) is 5.82 Å². The fourth-order valence-electron chi connectivity index (χ4n) is 2.13. The summed E-state index contributed by atoms with van der Waals surface area (Å²) in [5, 5.41) is 0. The summed E-state index contributed by atoms with van der Waals surface area (Å²) >= 11 is 0. The third-order valence-corrected chi connectivity index (χ3v) is 4.47. The van der Waals surface area contributed by atoms with Crippen molar-refractivity contribution in [3.63, 3.8) is 0 Å². The Kier molecular flexibility index (Phi) is 5.14. The van der Waals surface area contributed by atoms with E-state index in [2.05, 4.69) is 9.97 Å². The average Bonchev–Trinajstić information content (AvgIpc) is 2.92. The van der Waals surface area contributed by atoms with Crippen LogP contribution >= 0.6 is 0 Å². The van der Waals surface area contributed by atoms with Crippen molar-refractivity contribution in [3.05, 3.63) is 36.3 Å². The molecule has 3 N–H and O–H groups in total. The number of aryl methyl sites for hydroxylation is 1. The highest BCUT2D eigenvalue weighted by Gasteiger charge is 2.08. The Hall–Kier alpha value is -1.66. The normalized spacial score (nSPS) is 11.7. The maximum Gasteiger partial charge on any atom is 0.175 e. The van der Waals surface area contributed by atoms with Crippen LogP contribution in [0.15, 0.2) is 35.4 Å². The Labute approximate surface area is 125 Å². The molecule has 0 aliphatic rings. The standard InChI is InChI=1S/C15H21N3O2S/c1-21(19,20)13-8-6-12(7-9-13)14-11-17-15(18-14)5-3-2-4-10-16/h6-9,11H,2-5,10,16H2,1H3,(H,17,18). The lowest BCUT2D eigenvalue weighted by molar-refractivity contribution is 0.602. The first-order valence-electron chi connectivity index (χ1n) is 7.05. The van der Waals surface area contributed by atoms with Crippen LogP contribution in [0.2, 0.25) is 0 Å². The number of aromatic amines is 1. The number of hydrogen-bond donors (Lipinski definition) is 2. The van der Waals surface area contributed by atoms with Crippen LogP contribution in [0.5, 0.6) is 0 Å². The van der Waals surface area contributed by atoms with Gasteiger partial charge in [0.25, 0.3) is 0 Å². The summed E-state index contributed by atoms with van der Waals surface area (Å²) in [7, 11) is -3.15. The van der Waals surface area contributed by atoms with Crippen LogP contribution in [-0.4, -0.2) is 31.2 Å². The van der Waals surface area contributed by atoms with Crippen LogP contribution in [0.3, 0.4) is 0 Å². The second kappa shape index (κ2) is 6.87. The lowest BCUT2D eigenvalue weighted by Crippen LogP contribution is -1.98. The Morgan fingerprint density at radius 2 is 1.86 bits per heavy atom. The number of aromatic nitrogens is 2. The molecule has 0 aliphatic heterocycles. The van der Waals surface area contributed by atoms with E-state index >= 15 is 0 Å². The molecule has 21 heavy (non-hydrogen) atoms. The number of rotatable bonds is 7. The summed E-state index contributed by atoms with van der Waals surface area (Å²) in [6, 6.07) is 6.82. The molecule has 1 heterocycles. The first kappa shape index (κ1) is 15.7. The van der Waals surface area contributed by atoms with Gasteiger partial charge in [-0.15, -0.1) is 0 Å². The number of imidazole rings is 1. The fourth-order valence-corrected chi connectivity index (χ4v) is 2.76. The van der Waals surface area contributed by atoms with Gasteiger partial charge >= 0.3 is 0 Å².